The highest BCUT2D eigenvalue weighted by molar-refractivity contribution is 6.33. The normalized spacial score (nSPS) is 10.2. The summed E-state index contributed by atoms with van der Waals surface area (Å²) in [6, 6.07) is 12.7. The number of halogens is 1. The van der Waals surface area contributed by atoms with Gasteiger partial charge in [-0.25, -0.2) is 0 Å². The molecule has 0 radical (unpaired) electrons. The van der Waals surface area contributed by atoms with Crippen molar-refractivity contribution in [3.05, 3.63) is 58.6 Å². The van der Waals surface area contributed by atoms with E-state index < -0.39 is 0 Å². The van der Waals surface area contributed by atoms with Crippen molar-refractivity contribution >= 4 is 23.2 Å². The molecular weight excluding hydrogens is 288 g/mol. The van der Waals surface area contributed by atoms with Crippen LogP contribution in [0, 0.1) is 0 Å². The number of hydrogen-bond acceptors (Lipinski definition) is 3. The highest BCUT2D eigenvalue weighted by atomic mass is 35.5. The van der Waals surface area contributed by atoms with Crippen LogP contribution in [0.2, 0.25) is 5.02 Å². The van der Waals surface area contributed by atoms with Crippen LogP contribution >= 0.6 is 11.6 Å². The number of amides is 1. The second-order valence-electron chi connectivity index (χ2n) is 4.54. The van der Waals surface area contributed by atoms with Gasteiger partial charge in [0.1, 0.15) is 5.75 Å². The Morgan fingerprint density at radius 1 is 1.24 bits per heavy atom. The summed E-state index contributed by atoms with van der Waals surface area (Å²) in [4.78, 5) is 12.2. The Bertz CT molecular complexity index is 644. The first kappa shape index (κ1) is 15.4. The predicted octanol–water partition coefficient (Wildman–Crippen LogP) is 2.99. The van der Waals surface area contributed by atoms with E-state index in [1.165, 1.54) is 0 Å². The highest BCUT2D eigenvalue weighted by Gasteiger charge is 2.10. The molecule has 3 N–H and O–H groups in total. The summed E-state index contributed by atoms with van der Waals surface area (Å²) in [5.41, 5.74) is 8.08. The lowest BCUT2D eigenvalue weighted by atomic mass is 10.0. The van der Waals surface area contributed by atoms with Gasteiger partial charge in [-0.1, -0.05) is 35.9 Å². The molecule has 0 fully saturated rings. The third-order valence-electron chi connectivity index (χ3n) is 3.14. The number of nitrogens with two attached hydrogens (primary N) is 1. The highest BCUT2D eigenvalue weighted by Crippen LogP contribution is 2.26. The maximum Gasteiger partial charge on any atom is 0.228 e. The van der Waals surface area contributed by atoms with Crippen LogP contribution < -0.4 is 15.8 Å². The molecule has 0 aliphatic heterocycles. The Balaban J connectivity index is 2.11. The van der Waals surface area contributed by atoms with Crippen LogP contribution in [-0.4, -0.2) is 13.0 Å². The van der Waals surface area contributed by atoms with Crippen LogP contribution in [0.25, 0.3) is 0 Å². The lowest BCUT2D eigenvalue weighted by Gasteiger charge is -2.11. The molecule has 0 bridgehead atoms. The van der Waals surface area contributed by atoms with Gasteiger partial charge in [-0.3, -0.25) is 4.79 Å². The summed E-state index contributed by atoms with van der Waals surface area (Å²) in [5.74, 6) is 0.489. The summed E-state index contributed by atoms with van der Waals surface area (Å²) in [6.07, 6.45) is 0.251. The molecule has 0 saturated heterocycles. The molecule has 5 heteroatoms. The summed E-state index contributed by atoms with van der Waals surface area (Å²) >= 11 is 6.07. The minimum Gasteiger partial charge on any atom is -0.497 e. The molecular formula is C16H17ClN2O2. The van der Waals surface area contributed by atoms with E-state index in [9.17, 15) is 4.79 Å². The summed E-state index contributed by atoms with van der Waals surface area (Å²) in [5, 5.41) is 3.26. The van der Waals surface area contributed by atoms with Crippen molar-refractivity contribution in [1.82, 2.24) is 0 Å². The predicted molar refractivity (Wildman–Crippen MR) is 84.7 cm³/mol. The average Bonchev–Trinajstić information content (AvgIpc) is 2.50. The van der Waals surface area contributed by atoms with Gasteiger partial charge in [0.25, 0.3) is 0 Å². The van der Waals surface area contributed by atoms with Crippen LogP contribution in [0.1, 0.15) is 11.1 Å². The number of nitrogens with one attached hydrogen (secondary N) is 1. The van der Waals surface area contributed by atoms with Crippen molar-refractivity contribution in [2.45, 2.75) is 13.0 Å². The van der Waals surface area contributed by atoms with Crippen LogP contribution in [-0.2, 0) is 17.8 Å². The van der Waals surface area contributed by atoms with Crippen LogP contribution in [0.4, 0.5) is 5.69 Å². The van der Waals surface area contributed by atoms with Gasteiger partial charge >= 0.3 is 0 Å². The molecule has 2 aromatic rings. The molecule has 0 aliphatic carbocycles. The standard InChI is InChI=1S/C16H17ClN2O2/c1-21-13-6-7-14(17)15(9-13)19-16(20)8-11-4-2-3-5-12(11)10-18/h2-7,9H,8,10,18H2,1H3,(H,19,20). The van der Waals surface area contributed by atoms with Crippen molar-refractivity contribution in [1.29, 1.82) is 0 Å². The summed E-state index contributed by atoms with van der Waals surface area (Å²) in [6.45, 7) is 0.406. The SMILES string of the molecule is COc1ccc(Cl)c(NC(=O)Cc2ccccc2CN)c1. The van der Waals surface area contributed by atoms with Crippen molar-refractivity contribution in [3.63, 3.8) is 0 Å². The number of carbonyl (C=O) groups is 1. The fourth-order valence-electron chi connectivity index (χ4n) is 2.02. The summed E-state index contributed by atoms with van der Waals surface area (Å²) < 4.78 is 5.12. The smallest absolute Gasteiger partial charge is 0.228 e. The van der Waals surface area contributed by atoms with Crippen LogP contribution in [0.5, 0.6) is 5.75 Å². The molecule has 2 aromatic carbocycles. The molecule has 2 rings (SSSR count). The Morgan fingerprint density at radius 3 is 2.62 bits per heavy atom. The lowest BCUT2D eigenvalue weighted by molar-refractivity contribution is -0.115. The fourth-order valence-corrected chi connectivity index (χ4v) is 2.19. The van der Waals surface area contributed by atoms with E-state index >= 15 is 0 Å². The first-order valence-corrected chi connectivity index (χ1v) is 6.92. The van der Waals surface area contributed by atoms with E-state index in [-0.39, 0.29) is 12.3 Å². The van der Waals surface area contributed by atoms with E-state index in [0.717, 1.165) is 11.1 Å². The Hall–Kier alpha value is -2.04. The van der Waals surface area contributed by atoms with Gasteiger partial charge in [0.15, 0.2) is 0 Å². The number of methoxy groups -OCH3 is 1. The fraction of sp³-hybridized carbons (Fsp3) is 0.188. The Kier molecular flexibility index (Phi) is 5.20. The van der Waals surface area contributed by atoms with Gasteiger partial charge in [-0.05, 0) is 23.3 Å². The summed E-state index contributed by atoms with van der Waals surface area (Å²) in [7, 11) is 1.56. The molecule has 0 saturated carbocycles. The molecule has 0 unspecified atom stereocenters. The minimum atomic E-state index is -0.147. The first-order valence-electron chi connectivity index (χ1n) is 6.54. The Morgan fingerprint density at radius 2 is 1.95 bits per heavy atom. The van der Waals surface area contributed by atoms with Gasteiger partial charge in [0.2, 0.25) is 5.91 Å². The topological polar surface area (TPSA) is 64.3 Å². The van der Waals surface area contributed by atoms with Gasteiger partial charge in [0, 0.05) is 12.6 Å². The third-order valence-corrected chi connectivity index (χ3v) is 3.47. The van der Waals surface area contributed by atoms with Gasteiger partial charge in [-0.2, -0.15) is 0 Å². The molecule has 0 spiro atoms. The molecule has 21 heavy (non-hydrogen) atoms. The van der Waals surface area contributed by atoms with Crippen LogP contribution in [0.15, 0.2) is 42.5 Å². The maximum absolute atomic E-state index is 12.2. The number of rotatable bonds is 5. The van der Waals surface area contributed by atoms with Crippen molar-refractivity contribution in [3.8, 4) is 5.75 Å². The molecule has 4 nitrogen and oxygen atoms in total. The molecule has 0 heterocycles. The molecule has 0 aromatic heterocycles. The monoisotopic (exact) mass is 304 g/mol. The molecule has 0 aliphatic rings. The van der Waals surface area contributed by atoms with Gasteiger partial charge in [-0.15, -0.1) is 0 Å². The average molecular weight is 305 g/mol. The van der Waals surface area contributed by atoms with E-state index in [4.69, 9.17) is 22.1 Å². The number of hydrogen-bond donors (Lipinski definition) is 2. The largest absolute Gasteiger partial charge is 0.497 e. The van der Waals surface area contributed by atoms with Crippen LogP contribution in [0.3, 0.4) is 0 Å². The zero-order valence-corrected chi connectivity index (χ0v) is 12.5. The second-order valence-corrected chi connectivity index (χ2v) is 4.95. The number of benzene rings is 2. The first-order chi connectivity index (χ1) is 10.1. The van der Waals surface area contributed by atoms with E-state index in [0.29, 0.717) is 23.0 Å². The quantitative estimate of drug-likeness (QED) is 0.892. The Labute approximate surface area is 128 Å². The number of carbonyl (C=O) groups excluding carboxylic acids is 1. The number of ether oxygens (including phenoxy) is 1. The number of anilines is 1. The van der Waals surface area contributed by atoms with Gasteiger partial charge < -0.3 is 15.8 Å². The molecule has 110 valence electrons. The zero-order valence-electron chi connectivity index (χ0n) is 11.7. The minimum absolute atomic E-state index is 0.147. The van der Waals surface area contributed by atoms with Crippen molar-refractivity contribution in [2.75, 3.05) is 12.4 Å². The maximum atomic E-state index is 12.2. The second kappa shape index (κ2) is 7.11. The zero-order chi connectivity index (χ0) is 15.2. The lowest BCUT2D eigenvalue weighted by Crippen LogP contribution is -2.16. The van der Waals surface area contributed by atoms with E-state index in [1.54, 1.807) is 25.3 Å². The van der Waals surface area contributed by atoms with Crippen molar-refractivity contribution in [2.24, 2.45) is 5.73 Å². The van der Waals surface area contributed by atoms with Gasteiger partial charge in [0.05, 0.1) is 24.2 Å². The van der Waals surface area contributed by atoms with E-state index in [1.807, 2.05) is 24.3 Å². The molecule has 0 atom stereocenters. The van der Waals surface area contributed by atoms with Crippen molar-refractivity contribution < 1.29 is 9.53 Å². The van der Waals surface area contributed by atoms with E-state index in [2.05, 4.69) is 5.32 Å². The third kappa shape index (κ3) is 3.97. The molecule has 1 amide bonds.